The van der Waals surface area contributed by atoms with E-state index in [9.17, 15) is 4.79 Å². The van der Waals surface area contributed by atoms with Crippen molar-refractivity contribution in [3.63, 3.8) is 0 Å². The van der Waals surface area contributed by atoms with Gasteiger partial charge < -0.3 is 0 Å². The van der Waals surface area contributed by atoms with Crippen LogP contribution in [0.2, 0.25) is 0 Å². The molecular weight excluding hydrogens is 292 g/mol. The Morgan fingerprint density at radius 2 is 2.04 bits per heavy atom. The molecule has 1 heteroatoms. The van der Waals surface area contributed by atoms with Gasteiger partial charge in [-0.25, -0.2) is 0 Å². The van der Waals surface area contributed by atoms with Gasteiger partial charge in [-0.2, -0.15) is 0 Å². The Labute approximate surface area is 146 Å². The lowest BCUT2D eigenvalue weighted by Gasteiger charge is -2.55. The van der Waals surface area contributed by atoms with E-state index >= 15 is 0 Å². The van der Waals surface area contributed by atoms with Crippen molar-refractivity contribution >= 4 is 5.78 Å². The van der Waals surface area contributed by atoms with Crippen molar-refractivity contribution in [1.82, 2.24) is 0 Å². The minimum Gasteiger partial charge on any atom is -0.295 e. The van der Waals surface area contributed by atoms with Crippen molar-refractivity contribution in [2.75, 3.05) is 0 Å². The van der Waals surface area contributed by atoms with Gasteiger partial charge in [0.2, 0.25) is 0 Å². The van der Waals surface area contributed by atoms with Crippen LogP contribution in [-0.2, 0) is 4.79 Å². The van der Waals surface area contributed by atoms with Crippen molar-refractivity contribution in [3.8, 4) is 24.2 Å². The zero-order chi connectivity index (χ0) is 16.9. The maximum Gasteiger partial charge on any atom is 0.155 e. The molecule has 0 N–H and O–H groups in total. The van der Waals surface area contributed by atoms with E-state index in [-0.39, 0.29) is 0 Å². The summed E-state index contributed by atoms with van der Waals surface area (Å²) in [6, 6.07) is 0. The summed E-state index contributed by atoms with van der Waals surface area (Å²) in [6.07, 6.45) is 15.8. The lowest BCUT2D eigenvalue weighted by Crippen LogP contribution is -2.50. The molecule has 3 fully saturated rings. The van der Waals surface area contributed by atoms with E-state index in [0.29, 0.717) is 34.9 Å². The molecule has 3 saturated carbocycles. The molecule has 0 heterocycles. The first kappa shape index (κ1) is 16.0. The van der Waals surface area contributed by atoms with E-state index in [4.69, 9.17) is 6.42 Å². The number of carbonyl (C=O) groups excluding carboxylic acids is 1. The Morgan fingerprint density at radius 1 is 1.21 bits per heavy atom. The van der Waals surface area contributed by atoms with Crippen LogP contribution in [0.1, 0.15) is 58.8 Å². The van der Waals surface area contributed by atoms with E-state index in [2.05, 4.69) is 24.7 Å². The quantitative estimate of drug-likeness (QED) is 0.595. The summed E-state index contributed by atoms with van der Waals surface area (Å²) >= 11 is 0. The molecule has 0 amide bonds. The molecule has 0 aromatic carbocycles. The van der Waals surface area contributed by atoms with Gasteiger partial charge in [-0.05, 0) is 80.6 Å². The minimum absolute atomic E-state index is 0.299. The Bertz CT molecular complexity index is 681. The Hall–Kier alpha value is -1.47. The maximum atomic E-state index is 11.8. The Kier molecular flexibility index (Phi) is 3.88. The second-order valence-corrected chi connectivity index (χ2v) is 8.72. The van der Waals surface area contributed by atoms with Crippen LogP contribution in [0.5, 0.6) is 0 Å². The average Bonchev–Trinajstić information content (AvgIpc) is 2.90. The normalized spacial score (nSPS) is 46.5. The molecule has 7 atom stereocenters. The summed E-state index contributed by atoms with van der Waals surface area (Å²) in [7, 11) is 0. The third-order valence-electron chi connectivity index (χ3n) is 7.83. The van der Waals surface area contributed by atoms with Crippen molar-refractivity contribution in [2.45, 2.75) is 58.8 Å². The van der Waals surface area contributed by atoms with Crippen LogP contribution >= 0.6 is 0 Å². The first-order valence-electron chi connectivity index (χ1n) is 9.70. The number of allylic oxidation sites excluding steroid dienone is 1. The largest absolute Gasteiger partial charge is 0.295 e. The van der Waals surface area contributed by atoms with E-state index in [0.717, 1.165) is 37.5 Å². The smallest absolute Gasteiger partial charge is 0.155 e. The highest BCUT2D eigenvalue weighted by atomic mass is 16.1. The number of hydrogen-bond acceptors (Lipinski definition) is 1. The Morgan fingerprint density at radius 3 is 2.79 bits per heavy atom. The van der Waals surface area contributed by atoms with Crippen molar-refractivity contribution < 1.29 is 4.79 Å². The van der Waals surface area contributed by atoms with Crippen LogP contribution in [0.4, 0.5) is 0 Å². The number of terminal acetylenes is 1. The monoisotopic (exact) mass is 320 g/mol. The lowest BCUT2D eigenvalue weighted by molar-refractivity contribution is -0.116. The van der Waals surface area contributed by atoms with E-state index in [1.54, 1.807) is 0 Å². The molecule has 24 heavy (non-hydrogen) atoms. The predicted octanol–water partition coefficient (Wildman–Crippen LogP) is 4.63. The fourth-order valence-corrected chi connectivity index (χ4v) is 6.89. The molecule has 0 spiro atoms. The van der Waals surface area contributed by atoms with Gasteiger partial charge in [-0.3, -0.25) is 4.79 Å². The highest BCUT2D eigenvalue weighted by molar-refractivity contribution is 5.91. The van der Waals surface area contributed by atoms with Crippen LogP contribution in [0.25, 0.3) is 0 Å². The number of rotatable bonds is 0. The third kappa shape index (κ3) is 2.21. The number of fused-ring (bicyclic) bond motifs is 5. The molecule has 0 aromatic rings. The number of hydrogen-bond donors (Lipinski definition) is 0. The second-order valence-electron chi connectivity index (χ2n) is 8.72. The molecule has 0 bridgehead atoms. The van der Waals surface area contributed by atoms with Crippen molar-refractivity contribution in [3.05, 3.63) is 11.6 Å². The van der Waals surface area contributed by atoms with Crippen molar-refractivity contribution in [1.29, 1.82) is 0 Å². The summed E-state index contributed by atoms with van der Waals surface area (Å²) in [5.74, 6) is 13.8. The molecule has 0 unspecified atom stereocenters. The average molecular weight is 320 g/mol. The molecule has 4 aliphatic carbocycles. The molecule has 1 nitrogen and oxygen atoms in total. The zero-order valence-electron chi connectivity index (χ0n) is 15.0. The summed E-state index contributed by atoms with van der Waals surface area (Å²) in [5, 5.41) is 0. The third-order valence-corrected chi connectivity index (χ3v) is 7.83. The first-order valence-corrected chi connectivity index (χ1v) is 9.70. The molecule has 4 rings (SSSR count). The summed E-state index contributed by atoms with van der Waals surface area (Å²) in [6.45, 7) is 4.44. The molecule has 4 aliphatic rings. The van der Waals surface area contributed by atoms with Crippen LogP contribution in [-0.4, -0.2) is 5.78 Å². The topological polar surface area (TPSA) is 17.1 Å². The molecule has 0 aromatic heterocycles. The van der Waals surface area contributed by atoms with Gasteiger partial charge in [0.25, 0.3) is 0 Å². The summed E-state index contributed by atoms with van der Waals surface area (Å²) in [5.41, 5.74) is 1.71. The minimum atomic E-state index is 0.299. The Balaban J connectivity index is 1.71. The molecule has 126 valence electrons. The summed E-state index contributed by atoms with van der Waals surface area (Å²) in [4.78, 5) is 11.8. The molecular formula is C23H28O. The number of carbonyl (C=O) groups is 1. The first-order chi connectivity index (χ1) is 11.6. The van der Waals surface area contributed by atoms with Gasteiger partial charge in [0.15, 0.2) is 5.78 Å². The van der Waals surface area contributed by atoms with Gasteiger partial charge in [0.05, 0.1) is 0 Å². The lowest BCUT2D eigenvalue weighted by atomic mass is 9.48. The fourth-order valence-electron chi connectivity index (χ4n) is 6.89. The van der Waals surface area contributed by atoms with Gasteiger partial charge in [0, 0.05) is 18.3 Å². The van der Waals surface area contributed by atoms with E-state index in [1.807, 2.05) is 13.0 Å². The second kappa shape index (κ2) is 5.81. The van der Waals surface area contributed by atoms with Gasteiger partial charge >= 0.3 is 0 Å². The molecule has 0 radical (unpaired) electrons. The molecule has 0 saturated heterocycles. The van der Waals surface area contributed by atoms with Gasteiger partial charge in [0.1, 0.15) is 0 Å². The summed E-state index contributed by atoms with van der Waals surface area (Å²) < 4.78 is 0. The van der Waals surface area contributed by atoms with Crippen LogP contribution < -0.4 is 0 Å². The van der Waals surface area contributed by atoms with Gasteiger partial charge in [-0.1, -0.05) is 18.4 Å². The highest BCUT2D eigenvalue weighted by Gasteiger charge is 2.58. The van der Waals surface area contributed by atoms with E-state index in [1.165, 1.54) is 24.8 Å². The van der Waals surface area contributed by atoms with Crippen LogP contribution in [0.15, 0.2) is 11.6 Å². The maximum absolute atomic E-state index is 11.8. The zero-order valence-corrected chi connectivity index (χ0v) is 15.0. The van der Waals surface area contributed by atoms with E-state index < -0.39 is 0 Å². The SMILES string of the molecule is C#C[C@H]1C[C@]2(C)[C@@H](C#CC)CC[C@H]2[C@@H]2CCC3=CC(=O)CC[C@@H]3[C@H]21. The fraction of sp³-hybridized carbons (Fsp3) is 0.696. The van der Waals surface area contributed by atoms with Crippen LogP contribution in [0.3, 0.4) is 0 Å². The van der Waals surface area contributed by atoms with Crippen LogP contribution in [0, 0.1) is 65.1 Å². The predicted molar refractivity (Wildman–Crippen MR) is 96.7 cm³/mol. The standard InChI is InChI=1S/C23H28O/c1-4-6-17-8-12-21-20-10-7-16-13-18(24)9-11-19(16)22(20)15(5-2)14-23(17,21)3/h2,13,15,17,19-22H,7-12,14H2,1,3H3/t15-,17-,19-,20-,21-,22+,23+/m0/s1. The van der Waals surface area contributed by atoms with Gasteiger partial charge in [-0.15, -0.1) is 18.3 Å². The number of ketones is 1. The van der Waals surface area contributed by atoms with Crippen molar-refractivity contribution in [2.24, 2.45) is 40.9 Å². The molecule has 0 aliphatic heterocycles. The highest BCUT2D eigenvalue weighted by Crippen LogP contribution is 2.64.